The second-order valence-electron chi connectivity index (χ2n) is 3.85. The number of nitrogens with one attached hydrogen (secondary N) is 1. The highest BCUT2D eigenvalue weighted by atomic mass is 16.5. The summed E-state index contributed by atoms with van der Waals surface area (Å²) in [5, 5.41) is 3.50. The van der Waals surface area contributed by atoms with E-state index in [1.54, 1.807) is 19.6 Å². The zero-order chi connectivity index (χ0) is 11.1. The van der Waals surface area contributed by atoms with E-state index in [0.29, 0.717) is 6.04 Å². The maximum atomic E-state index is 5.29. The predicted octanol–water partition coefficient (Wildman–Crippen LogP) is 2.75. The van der Waals surface area contributed by atoms with E-state index in [1.165, 1.54) is 5.56 Å². The van der Waals surface area contributed by atoms with E-state index in [-0.39, 0.29) is 6.10 Å². The summed E-state index contributed by atoms with van der Waals surface area (Å²) in [7, 11) is 1.75. The summed E-state index contributed by atoms with van der Waals surface area (Å²) in [5.74, 6) is 0. The first kappa shape index (κ1) is 12.3. The van der Waals surface area contributed by atoms with E-state index in [9.17, 15) is 0 Å². The highest BCUT2D eigenvalue weighted by molar-refractivity contribution is 5.11. The van der Waals surface area contributed by atoms with Gasteiger partial charge in [-0.05, 0) is 32.4 Å². The smallest absolute Gasteiger partial charge is 0.0950 e. The van der Waals surface area contributed by atoms with Crippen LogP contribution in [0.15, 0.2) is 23.0 Å². The first-order chi connectivity index (χ1) is 7.27. The molecule has 0 radical (unpaired) electrons. The second kappa shape index (κ2) is 6.64. The molecule has 0 aromatic carbocycles. The van der Waals surface area contributed by atoms with Crippen LogP contribution >= 0.6 is 0 Å². The highest BCUT2D eigenvalue weighted by Gasteiger charge is 2.15. The van der Waals surface area contributed by atoms with Crippen LogP contribution in [-0.4, -0.2) is 19.8 Å². The number of methoxy groups -OCH3 is 1. The Bertz CT molecular complexity index is 246. The third kappa shape index (κ3) is 4.06. The van der Waals surface area contributed by atoms with Crippen LogP contribution in [0.25, 0.3) is 0 Å². The van der Waals surface area contributed by atoms with E-state index in [0.717, 1.165) is 19.4 Å². The zero-order valence-corrected chi connectivity index (χ0v) is 9.82. The molecule has 0 aliphatic rings. The van der Waals surface area contributed by atoms with Crippen LogP contribution in [0.3, 0.4) is 0 Å². The molecule has 1 heterocycles. The number of ether oxygens (including phenoxy) is 1. The summed E-state index contributed by atoms with van der Waals surface area (Å²) in [6, 6.07) is 2.34. The lowest BCUT2D eigenvalue weighted by Crippen LogP contribution is -2.25. The summed E-state index contributed by atoms with van der Waals surface area (Å²) in [6.45, 7) is 5.27. The number of hydrogen-bond acceptors (Lipinski definition) is 3. The molecule has 0 aliphatic heterocycles. The van der Waals surface area contributed by atoms with Crippen molar-refractivity contribution in [3.05, 3.63) is 24.2 Å². The Labute approximate surface area is 91.8 Å². The molecule has 15 heavy (non-hydrogen) atoms. The molecule has 86 valence electrons. The van der Waals surface area contributed by atoms with Gasteiger partial charge in [-0.15, -0.1) is 0 Å². The molecule has 1 rings (SSSR count). The Morgan fingerprint density at radius 1 is 1.53 bits per heavy atom. The third-order valence-electron chi connectivity index (χ3n) is 2.56. The van der Waals surface area contributed by atoms with Crippen LogP contribution in [0, 0.1) is 0 Å². The molecule has 0 aliphatic carbocycles. The minimum atomic E-state index is 0.259. The van der Waals surface area contributed by atoms with Gasteiger partial charge in [0.1, 0.15) is 0 Å². The first-order valence-corrected chi connectivity index (χ1v) is 5.56. The van der Waals surface area contributed by atoms with Crippen molar-refractivity contribution in [2.75, 3.05) is 13.7 Å². The summed E-state index contributed by atoms with van der Waals surface area (Å²) < 4.78 is 10.4. The van der Waals surface area contributed by atoms with Crippen molar-refractivity contribution in [2.45, 2.75) is 38.8 Å². The van der Waals surface area contributed by atoms with Crippen LogP contribution in [0.4, 0.5) is 0 Å². The fraction of sp³-hybridized carbons (Fsp3) is 0.667. The maximum Gasteiger partial charge on any atom is 0.0950 e. The minimum absolute atomic E-state index is 0.259. The molecular weight excluding hydrogens is 190 g/mol. The van der Waals surface area contributed by atoms with E-state index >= 15 is 0 Å². The van der Waals surface area contributed by atoms with Crippen LogP contribution in [0.2, 0.25) is 0 Å². The van der Waals surface area contributed by atoms with Gasteiger partial charge >= 0.3 is 0 Å². The van der Waals surface area contributed by atoms with Gasteiger partial charge in [0, 0.05) is 18.7 Å². The quantitative estimate of drug-likeness (QED) is 0.753. The van der Waals surface area contributed by atoms with Gasteiger partial charge in [0.05, 0.1) is 18.6 Å². The van der Waals surface area contributed by atoms with E-state index < -0.39 is 0 Å². The third-order valence-corrected chi connectivity index (χ3v) is 2.56. The summed E-state index contributed by atoms with van der Waals surface area (Å²) in [6.07, 6.45) is 5.88. The normalized spacial score (nSPS) is 15.1. The topological polar surface area (TPSA) is 34.4 Å². The van der Waals surface area contributed by atoms with Crippen LogP contribution in [-0.2, 0) is 4.74 Å². The Balaban J connectivity index is 2.53. The average molecular weight is 211 g/mol. The summed E-state index contributed by atoms with van der Waals surface area (Å²) in [5.41, 5.74) is 1.20. The molecule has 0 fully saturated rings. The largest absolute Gasteiger partial charge is 0.472 e. The van der Waals surface area contributed by atoms with E-state index in [4.69, 9.17) is 9.15 Å². The van der Waals surface area contributed by atoms with E-state index in [2.05, 4.69) is 19.2 Å². The van der Waals surface area contributed by atoms with Gasteiger partial charge in [0.2, 0.25) is 0 Å². The molecule has 1 aromatic rings. The molecule has 1 aromatic heterocycles. The molecule has 2 atom stereocenters. The Hall–Kier alpha value is -0.800. The summed E-state index contributed by atoms with van der Waals surface area (Å²) >= 11 is 0. The lowest BCUT2D eigenvalue weighted by molar-refractivity contribution is 0.100. The van der Waals surface area contributed by atoms with Gasteiger partial charge in [-0.1, -0.05) is 6.92 Å². The van der Waals surface area contributed by atoms with Crippen molar-refractivity contribution in [1.82, 2.24) is 5.32 Å². The van der Waals surface area contributed by atoms with Crippen LogP contribution < -0.4 is 5.32 Å². The fourth-order valence-electron chi connectivity index (χ4n) is 1.56. The number of hydrogen-bond donors (Lipinski definition) is 1. The zero-order valence-electron chi connectivity index (χ0n) is 9.82. The second-order valence-corrected chi connectivity index (χ2v) is 3.85. The molecule has 0 saturated heterocycles. The van der Waals surface area contributed by atoms with Crippen molar-refractivity contribution in [3.8, 4) is 0 Å². The molecule has 0 amide bonds. The number of furan rings is 1. The minimum Gasteiger partial charge on any atom is -0.472 e. The van der Waals surface area contributed by atoms with Crippen LogP contribution in [0.5, 0.6) is 0 Å². The van der Waals surface area contributed by atoms with Crippen molar-refractivity contribution in [3.63, 3.8) is 0 Å². The Morgan fingerprint density at radius 2 is 2.33 bits per heavy atom. The lowest BCUT2D eigenvalue weighted by Gasteiger charge is -2.20. The molecule has 2 unspecified atom stereocenters. The fourth-order valence-corrected chi connectivity index (χ4v) is 1.56. The molecule has 0 spiro atoms. The molecule has 3 heteroatoms. The van der Waals surface area contributed by atoms with Gasteiger partial charge in [0.25, 0.3) is 0 Å². The molecule has 0 bridgehead atoms. The van der Waals surface area contributed by atoms with Crippen molar-refractivity contribution < 1.29 is 9.15 Å². The molecule has 1 N–H and O–H groups in total. The SMILES string of the molecule is CCCNC(CC(C)OC)c1ccoc1. The van der Waals surface area contributed by atoms with Crippen molar-refractivity contribution in [2.24, 2.45) is 0 Å². The van der Waals surface area contributed by atoms with Gasteiger partial charge in [0.15, 0.2) is 0 Å². The van der Waals surface area contributed by atoms with Gasteiger partial charge in [-0.2, -0.15) is 0 Å². The molecule has 0 saturated carbocycles. The predicted molar refractivity (Wildman–Crippen MR) is 60.8 cm³/mol. The first-order valence-electron chi connectivity index (χ1n) is 5.56. The number of rotatable bonds is 7. The molecule has 3 nitrogen and oxygen atoms in total. The van der Waals surface area contributed by atoms with E-state index in [1.807, 2.05) is 6.07 Å². The van der Waals surface area contributed by atoms with Gasteiger partial charge in [-0.3, -0.25) is 0 Å². The Kier molecular flexibility index (Phi) is 5.43. The standard InChI is InChI=1S/C12H21NO2/c1-4-6-13-12(8-10(2)14-3)11-5-7-15-9-11/h5,7,9-10,12-13H,4,6,8H2,1-3H3. The van der Waals surface area contributed by atoms with Crippen molar-refractivity contribution in [1.29, 1.82) is 0 Å². The monoisotopic (exact) mass is 211 g/mol. The van der Waals surface area contributed by atoms with Gasteiger partial charge in [-0.25, -0.2) is 0 Å². The highest BCUT2D eigenvalue weighted by Crippen LogP contribution is 2.19. The van der Waals surface area contributed by atoms with Crippen molar-refractivity contribution >= 4 is 0 Å². The molecular formula is C12H21NO2. The maximum absolute atomic E-state index is 5.29. The van der Waals surface area contributed by atoms with Crippen LogP contribution in [0.1, 0.15) is 38.3 Å². The Morgan fingerprint density at radius 3 is 2.87 bits per heavy atom. The lowest BCUT2D eigenvalue weighted by atomic mass is 10.0. The summed E-state index contributed by atoms with van der Waals surface area (Å²) in [4.78, 5) is 0. The average Bonchev–Trinajstić information content (AvgIpc) is 2.77. The van der Waals surface area contributed by atoms with Gasteiger partial charge < -0.3 is 14.5 Å².